The smallest absolute Gasteiger partial charge is 0.321 e. The molecule has 3 aromatic rings. The SMILES string of the molecule is CCc1nc(C)nc(N2CCCN(C(=O)Nc3ccc([N+](=O)[O-])cc3)CC2)c1Cc1cccc(F)c1. The zero-order chi connectivity index (χ0) is 25.7. The summed E-state index contributed by atoms with van der Waals surface area (Å²) in [5, 5.41) is 13.7. The minimum Gasteiger partial charge on any atom is -0.354 e. The average molecular weight is 493 g/mol. The highest BCUT2D eigenvalue weighted by Crippen LogP contribution is 2.26. The highest BCUT2D eigenvalue weighted by atomic mass is 19.1. The number of aryl methyl sites for hydroxylation is 2. The molecule has 1 saturated heterocycles. The number of hydrogen-bond acceptors (Lipinski definition) is 6. The zero-order valence-electron chi connectivity index (χ0n) is 20.4. The number of nitro benzene ring substituents is 1. The minimum atomic E-state index is -0.476. The van der Waals surface area contributed by atoms with Gasteiger partial charge in [-0.2, -0.15) is 0 Å². The summed E-state index contributed by atoms with van der Waals surface area (Å²) in [6, 6.07) is 12.1. The van der Waals surface area contributed by atoms with E-state index in [0.717, 1.165) is 42.0 Å². The molecule has 36 heavy (non-hydrogen) atoms. The van der Waals surface area contributed by atoms with Gasteiger partial charge >= 0.3 is 6.03 Å². The maximum absolute atomic E-state index is 13.8. The Balaban J connectivity index is 1.50. The number of halogens is 1. The number of rotatable bonds is 6. The second-order valence-electron chi connectivity index (χ2n) is 8.74. The van der Waals surface area contributed by atoms with Gasteiger partial charge in [-0.05, 0) is 49.6 Å². The first kappa shape index (κ1) is 25.0. The van der Waals surface area contributed by atoms with Crippen molar-refractivity contribution in [2.24, 2.45) is 0 Å². The number of non-ortho nitro benzene ring substituents is 1. The molecule has 0 saturated carbocycles. The highest BCUT2D eigenvalue weighted by molar-refractivity contribution is 5.89. The number of nitrogens with zero attached hydrogens (tertiary/aromatic N) is 5. The number of nitrogens with one attached hydrogen (secondary N) is 1. The fraction of sp³-hybridized carbons (Fsp3) is 0.346. The first-order chi connectivity index (χ1) is 17.3. The lowest BCUT2D eigenvalue weighted by molar-refractivity contribution is -0.384. The Morgan fingerprint density at radius 3 is 2.58 bits per heavy atom. The maximum Gasteiger partial charge on any atom is 0.321 e. The van der Waals surface area contributed by atoms with Gasteiger partial charge < -0.3 is 15.1 Å². The van der Waals surface area contributed by atoms with Crippen LogP contribution in [0.25, 0.3) is 0 Å². The van der Waals surface area contributed by atoms with E-state index in [1.54, 1.807) is 11.0 Å². The summed E-state index contributed by atoms with van der Waals surface area (Å²) in [4.78, 5) is 36.6. The molecule has 2 aromatic carbocycles. The van der Waals surface area contributed by atoms with Gasteiger partial charge in [0.25, 0.3) is 5.69 Å². The summed E-state index contributed by atoms with van der Waals surface area (Å²) in [6.07, 6.45) is 2.01. The van der Waals surface area contributed by atoms with Crippen LogP contribution in [0.4, 0.5) is 26.4 Å². The van der Waals surface area contributed by atoms with E-state index >= 15 is 0 Å². The van der Waals surface area contributed by atoms with Crippen molar-refractivity contribution in [1.82, 2.24) is 14.9 Å². The lowest BCUT2D eigenvalue weighted by Gasteiger charge is -2.26. The molecule has 0 spiro atoms. The Bertz CT molecular complexity index is 1250. The number of urea groups is 1. The number of aromatic nitrogens is 2. The Morgan fingerprint density at radius 1 is 1.11 bits per heavy atom. The molecule has 0 aliphatic carbocycles. The summed E-state index contributed by atoms with van der Waals surface area (Å²) in [5.41, 5.74) is 3.26. The van der Waals surface area contributed by atoms with Crippen molar-refractivity contribution in [2.45, 2.75) is 33.1 Å². The molecule has 9 nitrogen and oxygen atoms in total. The van der Waals surface area contributed by atoms with E-state index < -0.39 is 4.92 Å². The van der Waals surface area contributed by atoms with Crippen LogP contribution in [0.15, 0.2) is 48.5 Å². The van der Waals surface area contributed by atoms with Crippen LogP contribution in [-0.2, 0) is 12.8 Å². The molecule has 10 heteroatoms. The van der Waals surface area contributed by atoms with Crippen molar-refractivity contribution in [1.29, 1.82) is 0 Å². The quantitative estimate of drug-likeness (QED) is 0.394. The summed E-state index contributed by atoms with van der Waals surface area (Å²) in [7, 11) is 0. The van der Waals surface area contributed by atoms with Gasteiger partial charge in [0.1, 0.15) is 17.5 Å². The molecule has 1 aliphatic heterocycles. The van der Waals surface area contributed by atoms with Gasteiger partial charge in [-0.15, -0.1) is 0 Å². The Kier molecular flexibility index (Phi) is 7.72. The Hall–Kier alpha value is -4.08. The average Bonchev–Trinajstić information content (AvgIpc) is 3.11. The zero-order valence-corrected chi connectivity index (χ0v) is 20.4. The number of nitro groups is 1. The van der Waals surface area contributed by atoms with Crippen LogP contribution in [-0.4, -0.2) is 52.0 Å². The molecule has 4 rings (SSSR count). The lowest BCUT2D eigenvalue weighted by atomic mass is 10.0. The van der Waals surface area contributed by atoms with E-state index in [1.807, 2.05) is 19.9 Å². The van der Waals surface area contributed by atoms with Crippen molar-refractivity contribution < 1.29 is 14.1 Å². The summed E-state index contributed by atoms with van der Waals surface area (Å²) in [6.45, 7) is 6.28. The maximum atomic E-state index is 13.8. The van der Waals surface area contributed by atoms with Crippen LogP contribution in [0.3, 0.4) is 0 Å². The van der Waals surface area contributed by atoms with E-state index in [-0.39, 0.29) is 17.5 Å². The van der Waals surface area contributed by atoms with E-state index in [1.165, 1.54) is 36.4 Å². The third kappa shape index (κ3) is 5.94. The molecule has 0 bridgehead atoms. The largest absolute Gasteiger partial charge is 0.354 e. The van der Waals surface area contributed by atoms with Crippen molar-refractivity contribution >= 4 is 23.2 Å². The predicted octanol–water partition coefficient (Wildman–Crippen LogP) is 4.73. The normalized spacial score (nSPS) is 13.9. The van der Waals surface area contributed by atoms with Crippen molar-refractivity contribution in [3.8, 4) is 0 Å². The Morgan fingerprint density at radius 2 is 1.89 bits per heavy atom. The van der Waals surface area contributed by atoms with Crippen molar-refractivity contribution in [3.05, 3.63) is 87.1 Å². The molecular weight excluding hydrogens is 463 g/mol. The van der Waals surface area contributed by atoms with Crippen LogP contribution in [0.1, 0.15) is 36.0 Å². The van der Waals surface area contributed by atoms with Gasteiger partial charge in [-0.1, -0.05) is 19.1 Å². The molecule has 1 aromatic heterocycles. The van der Waals surface area contributed by atoms with Gasteiger partial charge in [-0.25, -0.2) is 19.2 Å². The molecule has 0 unspecified atom stereocenters. The first-order valence-electron chi connectivity index (χ1n) is 12.0. The molecule has 1 N–H and O–H groups in total. The first-order valence-corrected chi connectivity index (χ1v) is 12.0. The molecule has 2 heterocycles. The summed E-state index contributed by atoms with van der Waals surface area (Å²) < 4.78 is 13.8. The van der Waals surface area contributed by atoms with Gasteiger partial charge in [-0.3, -0.25) is 10.1 Å². The van der Waals surface area contributed by atoms with Gasteiger partial charge in [0.05, 0.1) is 4.92 Å². The van der Waals surface area contributed by atoms with Crippen LogP contribution >= 0.6 is 0 Å². The topological polar surface area (TPSA) is 104 Å². The number of carbonyl (C=O) groups excluding carboxylic acids is 1. The molecule has 188 valence electrons. The second-order valence-corrected chi connectivity index (χ2v) is 8.74. The van der Waals surface area contributed by atoms with Crippen LogP contribution in [0, 0.1) is 22.9 Å². The Labute approximate surface area is 209 Å². The number of anilines is 2. The molecule has 1 fully saturated rings. The van der Waals surface area contributed by atoms with Gasteiger partial charge in [0.2, 0.25) is 0 Å². The molecule has 0 atom stereocenters. The molecule has 2 amide bonds. The lowest BCUT2D eigenvalue weighted by Crippen LogP contribution is -2.38. The summed E-state index contributed by atoms with van der Waals surface area (Å²) >= 11 is 0. The third-order valence-corrected chi connectivity index (χ3v) is 6.20. The van der Waals surface area contributed by atoms with Crippen LogP contribution < -0.4 is 10.2 Å². The predicted molar refractivity (Wildman–Crippen MR) is 136 cm³/mol. The molecule has 0 radical (unpaired) electrons. The van der Waals surface area contributed by atoms with E-state index in [9.17, 15) is 19.3 Å². The minimum absolute atomic E-state index is 0.0287. The molecular formula is C26H29FN6O3. The van der Waals surface area contributed by atoms with Crippen LogP contribution in [0.2, 0.25) is 0 Å². The van der Waals surface area contributed by atoms with Gasteiger partial charge in [0.15, 0.2) is 0 Å². The highest BCUT2D eigenvalue weighted by Gasteiger charge is 2.24. The number of carbonyl (C=O) groups is 1. The third-order valence-electron chi connectivity index (χ3n) is 6.20. The monoisotopic (exact) mass is 492 g/mol. The van der Waals surface area contributed by atoms with Gasteiger partial charge in [0, 0.05) is 61.7 Å². The van der Waals surface area contributed by atoms with E-state index in [0.29, 0.717) is 37.6 Å². The van der Waals surface area contributed by atoms with E-state index in [4.69, 9.17) is 4.98 Å². The van der Waals surface area contributed by atoms with Crippen molar-refractivity contribution in [2.75, 3.05) is 36.4 Å². The standard InChI is InChI=1S/C26H29FN6O3/c1-3-24-23(17-19-6-4-7-20(27)16-19)25(29-18(2)28-24)31-12-5-13-32(15-14-31)26(34)30-21-8-10-22(11-9-21)33(35)36/h4,6-11,16H,3,5,12-15,17H2,1-2H3,(H,30,34). The van der Waals surface area contributed by atoms with E-state index in [2.05, 4.69) is 15.2 Å². The fourth-order valence-electron chi connectivity index (χ4n) is 4.43. The number of benzene rings is 2. The van der Waals surface area contributed by atoms with Crippen LogP contribution in [0.5, 0.6) is 0 Å². The van der Waals surface area contributed by atoms with Crippen molar-refractivity contribution in [3.63, 3.8) is 0 Å². The fourth-order valence-corrected chi connectivity index (χ4v) is 4.43. The molecule has 1 aliphatic rings. The number of hydrogen-bond donors (Lipinski definition) is 1. The summed E-state index contributed by atoms with van der Waals surface area (Å²) in [5.74, 6) is 1.24. The second kappa shape index (κ2) is 11.1. The number of amides is 2.